The summed E-state index contributed by atoms with van der Waals surface area (Å²) >= 11 is 0. The van der Waals surface area contributed by atoms with Gasteiger partial charge in [-0.15, -0.1) is 0 Å². The van der Waals surface area contributed by atoms with E-state index in [-0.39, 0.29) is 0 Å². The molecule has 0 aromatic rings. The summed E-state index contributed by atoms with van der Waals surface area (Å²) in [6.07, 6.45) is 1.78. The molecule has 0 saturated heterocycles. The van der Waals surface area contributed by atoms with Crippen molar-refractivity contribution in [3.05, 3.63) is 12.2 Å². The van der Waals surface area contributed by atoms with Gasteiger partial charge in [0.1, 0.15) is 0 Å². The lowest BCUT2D eigenvalue weighted by molar-refractivity contribution is -0.131. The van der Waals surface area contributed by atoms with Crippen LogP contribution in [0.3, 0.4) is 0 Å². The van der Waals surface area contributed by atoms with Gasteiger partial charge in [0.2, 0.25) is 5.91 Å². The number of likely N-dealkylation sites (N-methyl/N-ethyl adjacent to an activating group) is 1. The van der Waals surface area contributed by atoms with Crippen molar-refractivity contribution in [3.63, 3.8) is 0 Å². The first-order valence-corrected chi connectivity index (χ1v) is 3.50. The summed E-state index contributed by atoms with van der Waals surface area (Å²) in [4.78, 5) is 20.7. The molecule has 0 bridgehead atoms. The summed E-state index contributed by atoms with van der Waals surface area (Å²) < 4.78 is 0. The third-order valence-electron chi connectivity index (χ3n) is 1.05. The molecular weight excluding hydrogens is 160 g/mol. The number of amides is 1. The lowest BCUT2D eigenvalue weighted by Crippen LogP contribution is -2.29. The fourth-order valence-corrected chi connectivity index (χ4v) is 0.517. The van der Waals surface area contributed by atoms with Crippen LogP contribution in [0.15, 0.2) is 12.2 Å². The van der Waals surface area contributed by atoms with E-state index < -0.39 is 11.9 Å². The Labute approximate surface area is 70.5 Å². The monoisotopic (exact) mass is 172 g/mol. The number of carbonyl (C=O) groups excluding carboxylic acids is 1. The minimum atomic E-state index is -1.13. The van der Waals surface area contributed by atoms with E-state index in [0.29, 0.717) is 13.1 Å². The first kappa shape index (κ1) is 10.6. The Morgan fingerprint density at radius 2 is 2.00 bits per heavy atom. The molecule has 0 fully saturated rings. The summed E-state index contributed by atoms with van der Waals surface area (Å²) in [6, 6.07) is 0. The van der Waals surface area contributed by atoms with Gasteiger partial charge in [-0.2, -0.15) is 0 Å². The highest BCUT2D eigenvalue weighted by Crippen LogP contribution is 1.73. The van der Waals surface area contributed by atoms with Crippen molar-refractivity contribution in [2.75, 3.05) is 20.1 Å². The van der Waals surface area contributed by atoms with Crippen LogP contribution >= 0.6 is 0 Å². The van der Waals surface area contributed by atoms with Crippen molar-refractivity contribution in [2.24, 2.45) is 0 Å². The van der Waals surface area contributed by atoms with Crippen molar-refractivity contribution in [3.8, 4) is 0 Å². The Balaban J connectivity index is 3.53. The molecule has 0 heterocycles. The molecule has 0 aromatic carbocycles. The van der Waals surface area contributed by atoms with E-state index in [2.05, 4.69) is 10.6 Å². The Morgan fingerprint density at radius 3 is 2.50 bits per heavy atom. The third kappa shape index (κ3) is 6.76. The van der Waals surface area contributed by atoms with Crippen molar-refractivity contribution < 1.29 is 14.7 Å². The van der Waals surface area contributed by atoms with E-state index in [1.165, 1.54) is 0 Å². The molecule has 0 rings (SSSR count). The minimum Gasteiger partial charge on any atom is -0.478 e. The molecule has 0 aliphatic carbocycles. The topological polar surface area (TPSA) is 78.4 Å². The maximum absolute atomic E-state index is 10.7. The molecule has 68 valence electrons. The molecule has 0 aromatic heterocycles. The third-order valence-corrected chi connectivity index (χ3v) is 1.05. The molecule has 1 amide bonds. The Morgan fingerprint density at radius 1 is 1.33 bits per heavy atom. The van der Waals surface area contributed by atoms with E-state index in [1.807, 2.05) is 0 Å². The average Bonchev–Trinajstić information content (AvgIpc) is 2.01. The van der Waals surface area contributed by atoms with Gasteiger partial charge in [0.25, 0.3) is 0 Å². The Hall–Kier alpha value is -1.36. The zero-order chi connectivity index (χ0) is 9.40. The van der Waals surface area contributed by atoms with E-state index in [4.69, 9.17) is 5.11 Å². The number of rotatable bonds is 5. The minimum absolute atomic E-state index is 0.396. The van der Waals surface area contributed by atoms with Gasteiger partial charge in [-0.05, 0) is 7.05 Å². The summed E-state index contributed by atoms with van der Waals surface area (Å²) in [5, 5.41) is 13.5. The second-order valence-electron chi connectivity index (χ2n) is 2.07. The quantitative estimate of drug-likeness (QED) is 0.366. The predicted molar refractivity (Wildman–Crippen MR) is 43.7 cm³/mol. The fraction of sp³-hybridized carbons (Fsp3) is 0.429. The smallest absolute Gasteiger partial charge is 0.328 e. The maximum Gasteiger partial charge on any atom is 0.328 e. The summed E-state index contributed by atoms with van der Waals surface area (Å²) in [6.45, 7) is 1.14. The Bertz CT molecular complexity index is 189. The van der Waals surface area contributed by atoms with E-state index >= 15 is 0 Å². The van der Waals surface area contributed by atoms with Crippen LogP contribution < -0.4 is 10.6 Å². The number of nitrogens with one attached hydrogen (secondary N) is 2. The van der Waals surface area contributed by atoms with Gasteiger partial charge in [-0.3, -0.25) is 4.79 Å². The van der Waals surface area contributed by atoms with Crippen LogP contribution in [0, 0.1) is 0 Å². The Kier molecular flexibility index (Phi) is 5.64. The number of hydrogen-bond donors (Lipinski definition) is 3. The molecule has 0 saturated carbocycles. The number of carboxylic acid groups (broad SMARTS) is 1. The molecule has 0 aliphatic rings. The summed E-state index contributed by atoms with van der Waals surface area (Å²) in [5.41, 5.74) is 0. The van der Waals surface area contributed by atoms with Crippen LogP contribution in [-0.4, -0.2) is 37.1 Å². The predicted octanol–water partition coefficient (Wildman–Crippen LogP) is -1.04. The molecule has 0 spiro atoms. The van der Waals surface area contributed by atoms with Gasteiger partial charge in [0, 0.05) is 25.2 Å². The SMILES string of the molecule is CNCCNC(=O)/C=C/C(=O)O. The lowest BCUT2D eigenvalue weighted by Gasteiger charge is -1.99. The summed E-state index contributed by atoms with van der Waals surface area (Å²) in [7, 11) is 1.76. The zero-order valence-corrected chi connectivity index (χ0v) is 6.83. The normalized spacial score (nSPS) is 10.1. The summed E-state index contributed by atoms with van der Waals surface area (Å²) in [5.74, 6) is -1.52. The molecule has 0 aliphatic heterocycles. The van der Waals surface area contributed by atoms with Crippen LogP contribution in [0.25, 0.3) is 0 Å². The van der Waals surface area contributed by atoms with Gasteiger partial charge < -0.3 is 15.7 Å². The van der Waals surface area contributed by atoms with Crippen molar-refractivity contribution >= 4 is 11.9 Å². The molecule has 3 N–H and O–H groups in total. The molecule has 12 heavy (non-hydrogen) atoms. The number of aliphatic carboxylic acids is 1. The molecule has 0 radical (unpaired) electrons. The highest BCUT2D eigenvalue weighted by atomic mass is 16.4. The van der Waals surface area contributed by atoms with Crippen LogP contribution in [0.2, 0.25) is 0 Å². The standard InChI is InChI=1S/C7H12N2O3/c1-8-4-5-9-6(10)2-3-7(11)12/h2-3,8H,4-5H2,1H3,(H,9,10)(H,11,12)/b3-2+. The van der Waals surface area contributed by atoms with Crippen LogP contribution in [0.1, 0.15) is 0 Å². The highest BCUT2D eigenvalue weighted by molar-refractivity contribution is 5.93. The van der Waals surface area contributed by atoms with Crippen molar-refractivity contribution in [1.29, 1.82) is 0 Å². The van der Waals surface area contributed by atoms with E-state index in [9.17, 15) is 9.59 Å². The zero-order valence-electron chi connectivity index (χ0n) is 6.83. The highest BCUT2D eigenvalue weighted by Gasteiger charge is 1.94. The number of carboxylic acids is 1. The van der Waals surface area contributed by atoms with Gasteiger partial charge >= 0.3 is 5.97 Å². The second kappa shape index (κ2) is 6.36. The van der Waals surface area contributed by atoms with Gasteiger partial charge in [0.15, 0.2) is 0 Å². The second-order valence-corrected chi connectivity index (χ2v) is 2.07. The van der Waals surface area contributed by atoms with Crippen LogP contribution in [0.4, 0.5) is 0 Å². The molecule has 0 atom stereocenters. The van der Waals surface area contributed by atoms with E-state index in [0.717, 1.165) is 12.2 Å². The average molecular weight is 172 g/mol. The fourth-order valence-electron chi connectivity index (χ4n) is 0.517. The molecule has 0 unspecified atom stereocenters. The van der Waals surface area contributed by atoms with Gasteiger partial charge in [-0.1, -0.05) is 0 Å². The van der Waals surface area contributed by atoms with Crippen molar-refractivity contribution in [2.45, 2.75) is 0 Å². The number of carbonyl (C=O) groups is 2. The van der Waals surface area contributed by atoms with Gasteiger partial charge in [0.05, 0.1) is 0 Å². The van der Waals surface area contributed by atoms with Crippen LogP contribution in [-0.2, 0) is 9.59 Å². The molecule has 5 nitrogen and oxygen atoms in total. The molecule has 5 heteroatoms. The van der Waals surface area contributed by atoms with Crippen LogP contribution in [0.5, 0.6) is 0 Å². The number of hydrogen-bond acceptors (Lipinski definition) is 3. The molecular formula is C7H12N2O3. The first-order valence-electron chi connectivity index (χ1n) is 3.50. The maximum atomic E-state index is 10.7. The lowest BCUT2D eigenvalue weighted by atomic mass is 10.4. The first-order chi connectivity index (χ1) is 5.66. The van der Waals surface area contributed by atoms with Gasteiger partial charge in [-0.25, -0.2) is 4.79 Å². The largest absolute Gasteiger partial charge is 0.478 e. The van der Waals surface area contributed by atoms with Crippen molar-refractivity contribution in [1.82, 2.24) is 10.6 Å². The van der Waals surface area contributed by atoms with E-state index in [1.54, 1.807) is 7.05 Å².